The lowest BCUT2D eigenvalue weighted by Crippen LogP contribution is -2.14. The van der Waals surface area contributed by atoms with Crippen molar-refractivity contribution in [3.63, 3.8) is 0 Å². The lowest BCUT2D eigenvalue weighted by molar-refractivity contribution is 0.740. The smallest absolute Gasteiger partial charge is 0.0761 e. The van der Waals surface area contributed by atoms with Crippen molar-refractivity contribution in [2.45, 2.75) is 27.2 Å². The van der Waals surface area contributed by atoms with Gasteiger partial charge in [0.2, 0.25) is 0 Å². The largest absolute Gasteiger partial charge is 0.310 e. The normalized spacial score (nSPS) is 12.3. The molecule has 0 fully saturated rings. The second-order valence-electron chi connectivity index (χ2n) is 15.9. The fourth-order valence-corrected chi connectivity index (χ4v) is 8.94. The van der Waals surface area contributed by atoms with Crippen LogP contribution in [0.25, 0.3) is 65.3 Å². The number of nitrogens with zero attached hydrogens (tertiary/aromatic N) is 2. The van der Waals surface area contributed by atoms with Gasteiger partial charge in [0.05, 0.1) is 22.8 Å². The molecule has 0 N–H and O–H groups in total. The Hall–Kier alpha value is -7.29. The monoisotopic (exact) mass is 770 g/mol. The molecule has 0 amide bonds. The zero-order chi connectivity index (χ0) is 40.6. The number of hydrogen-bond acceptors (Lipinski definition) is 2. The van der Waals surface area contributed by atoms with Crippen molar-refractivity contribution in [1.29, 1.82) is 0 Å². The van der Waals surface area contributed by atoms with Gasteiger partial charge >= 0.3 is 0 Å². The highest BCUT2D eigenvalue weighted by Gasteiger charge is 2.23. The number of aliphatic imine (C=N–C) groups is 1. The average molecular weight is 771 g/mol. The number of rotatable bonds is 9. The molecular weight excluding hydrogens is 725 g/mol. The lowest BCUT2D eigenvalue weighted by Gasteiger charge is -2.30. The Morgan fingerprint density at radius 1 is 0.467 bits per heavy atom. The molecule has 60 heavy (non-hydrogen) atoms. The van der Waals surface area contributed by atoms with Gasteiger partial charge in [-0.15, -0.1) is 0 Å². The van der Waals surface area contributed by atoms with Gasteiger partial charge in [-0.25, -0.2) is 0 Å². The van der Waals surface area contributed by atoms with Crippen molar-refractivity contribution in [3.8, 4) is 22.3 Å². The van der Waals surface area contributed by atoms with Crippen molar-refractivity contribution in [1.82, 2.24) is 0 Å². The molecule has 0 radical (unpaired) electrons. The van der Waals surface area contributed by atoms with Crippen LogP contribution in [0, 0.1) is 12.8 Å². The van der Waals surface area contributed by atoms with Gasteiger partial charge in [-0.3, -0.25) is 4.99 Å². The molecule has 0 saturated carbocycles. The van der Waals surface area contributed by atoms with Crippen LogP contribution in [0.2, 0.25) is 0 Å². The average Bonchev–Trinajstić information content (AvgIpc) is 3.31. The topological polar surface area (TPSA) is 15.6 Å². The third-order valence-corrected chi connectivity index (χ3v) is 12.3. The highest BCUT2D eigenvalue weighted by Crippen LogP contribution is 2.47. The molecule has 0 saturated heterocycles. The van der Waals surface area contributed by atoms with E-state index in [2.05, 4.69) is 232 Å². The van der Waals surface area contributed by atoms with Crippen LogP contribution in [0.4, 0.5) is 22.7 Å². The molecule has 288 valence electrons. The van der Waals surface area contributed by atoms with E-state index < -0.39 is 0 Å². The Morgan fingerprint density at radius 2 is 1.07 bits per heavy atom. The van der Waals surface area contributed by atoms with E-state index in [1.807, 2.05) is 0 Å². The van der Waals surface area contributed by atoms with E-state index >= 15 is 0 Å². The maximum Gasteiger partial charge on any atom is 0.0761 e. The predicted octanol–water partition coefficient (Wildman–Crippen LogP) is 16.6. The second kappa shape index (κ2) is 15.8. The Bertz CT molecular complexity index is 3210. The molecule has 0 aliphatic rings. The molecule has 0 spiro atoms. The first kappa shape index (κ1) is 37.0. The second-order valence-corrected chi connectivity index (χ2v) is 15.9. The van der Waals surface area contributed by atoms with E-state index in [0.29, 0.717) is 0 Å². The molecule has 0 aliphatic heterocycles. The minimum Gasteiger partial charge on any atom is -0.310 e. The summed E-state index contributed by atoms with van der Waals surface area (Å²) in [4.78, 5) is 8.22. The van der Waals surface area contributed by atoms with Crippen LogP contribution in [-0.4, -0.2) is 5.71 Å². The van der Waals surface area contributed by atoms with E-state index in [0.717, 1.165) is 51.2 Å². The third-order valence-electron chi connectivity index (χ3n) is 12.3. The van der Waals surface area contributed by atoms with Crippen LogP contribution in [0.15, 0.2) is 211 Å². The molecule has 0 bridgehead atoms. The maximum atomic E-state index is 5.75. The van der Waals surface area contributed by atoms with Gasteiger partial charge in [0.15, 0.2) is 0 Å². The molecule has 2 nitrogen and oxygen atoms in total. The van der Waals surface area contributed by atoms with Crippen LogP contribution in [-0.2, 0) is 0 Å². The zero-order valence-corrected chi connectivity index (χ0v) is 34.3. The van der Waals surface area contributed by atoms with Crippen molar-refractivity contribution in [3.05, 3.63) is 217 Å². The summed E-state index contributed by atoms with van der Waals surface area (Å²) < 4.78 is 0. The Morgan fingerprint density at radius 3 is 1.83 bits per heavy atom. The van der Waals surface area contributed by atoms with Crippen molar-refractivity contribution in [2.75, 3.05) is 4.90 Å². The summed E-state index contributed by atoms with van der Waals surface area (Å²) in [7, 11) is 0. The highest BCUT2D eigenvalue weighted by molar-refractivity contribution is 6.11. The van der Waals surface area contributed by atoms with E-state index in [1.165, 1.54) is 60.1 Å². The first-order chi connectivity index (χ1) is 29.6. The first-order valence-corrected chi connectivity index (χ1v) is 21.1. The van der Waals surface area contributed by atoms with Gasteiger partial charge in [0.1, 0.15) is 0 Å². The molecule has 1 atom stereocenters. The highest BCUT2D eigenvalue weighted by atomic mass is 15.1. The SMILES string of the molecule is CCC(C)C(=Nc1c(C)c(N(c2ccc(-c3cccc4ccccc34)cc2)c2ccc(-c3ccccc3)c3ccccc23)cc2ccccc12)c1ccc2ccccc2c1. The Balaban J connectivity index is 1.22. The fraction of sp³-hybridized carbons (Fsp3) is 0.0862. The van der Waals surface area contributed by atoms with Gasteiger partial charge in [-0.2, -0.15) is 0 Å². The summed E-state index contributed by atoms with van der Waals surface area (Å²) >= 11 is 0. The van der Waals surface area contributed by atoms with Crippen molar-refractivity contribution in [2.24, 2.45) is 10.9 Å². The standard InChI is InChI=1S/C58H46N2/c1-4-39(2)57(47-30-29-41-17-8-9-21-45(41)37-47)59-58-40(3)56(38-46-22-11-13-25-52(46)58)60(48-33-31-44(32-34-48)50-28-16-23-43-20-10-12-24-49(43)50)55-36-35-51(42-18-6-5-7-19-42)53-26-14-15-27-54(53)55/h5-39H,4H2,1-3H3. The summed E-state index contributed by atoms with van der Waals surface area (Å²) in [6, 6.07) is 75.0. The summed E-state index contributed by atoms with van der Waals surface area (Å²) in [5.41, 5.74) is 12.6. The van der Waals surface area contributed by atoms with Crippen LogP contribution < -0.4 is 4.90 Å². The molecule has 0 aliphatic carbocycles. The summed E-state index contributed by atoms with van der Waals surface area (Å²) in [6.07, 6.45) is 0.983. The summed E-state index contributed by atoms with van der Waals surface area (Å²) in [5, 5.41) is 9.66. The molecular formula is C58H46N2. The number of hydrogen-bond donors (Lipinski definition) is 0. The minimum atomic E-state index is 0.250. The van der Waals surface area contributed by atoms with Crippen molar-refractivity contribution >= 4 is 71.6 Å². The maximum absolute atomic E-state index is 5.75. The molecule has 10 aromatic carbocycles. The fourth-order valence-electron chi connectivity index (χ4n) is 8.94. The van der Waals surface area contributed by atoms with Gasteiger partial charge < -0.3 is 4.90 Å². The molecule has 0 aromatic heterocycles. The lowest BCUT2D eigenvalue weighted by atomic mass is 9.93. The van der Waals surface area contributed by atoms with E-state index in [-0.39, 0.29) is 5.92 Å². The molecule has 0 heterocycles. The zero-order valence-electron chi connectivity index (χ0n) is 34.3. The quantitative estimate of drug-likeness (QED) is 0.134. The Kier molecular flexibility index (Phi) is 9.75. The first-order valence-electron chi connectivity index (χ1n) is 21.1. The molecule has 10 aromatic rings. The third kappa shape index (κ3) is 6.70. The number of anilines is 3. The molecule has 10 rings (SSSR count). The van der Waals surface area contributed by atoms with Gasteiger partial charge in [0.25, 0.3) is 0 Å². The number of fused-ring (bicyclic) bond motifs is 4. The predicted molar refractivity (Wildman–Crippen MR) is 259 cm³/mol. The van der Waals surface area contributed by atoms with Crippen LogP contribution in [0.5, 0.6) is 0 Å². The summed E-state index contributed by atoms with van der Waals surface area (Å²) in [6.45, 7) is 6.82. The minimum absolute atomic E-state index is 0.250. The van der Waals surface area contributed by atoms with Gasteiger partial charge in [-0.05, 0) is 115 Å². The van der Waals surface area contributed by atoms with Crippen LogP contribution >= 0.6 is 0 Å². The van der Waals surface area contributed by atoms with E-state index in [9.17, 15) is 0 Å². The van der Waals surface area contributed by atoms with Crippen molar-refractivity contribution < 1.29 is 0 Å². The molecule has 1 unspecified atom stereocenters. The number of benzene rings is 10. The van der Waals surface area contributed by atoms with Crippen LogP contribution in [0.1, 0.15) is 31.4 Å². The summed E-state index contributed by atoms with van der Waals surface area (Å²) in [5.74, 6) is 0.250. The van der Waals surface area contributed by atoms with Gasteiger partial charge in [-0.1, -0.05) is 190 Å². The molecule has 2 heteroatoms. The van der Waals surface area contributed by atoms with Crippen LogP contribution in [0.3, 0.4) is 0 Å². The van der Waals surface area contributed by atoms with E-state index in [4.69, 9.17) is 4.99 Å². The van der Waals surface area contributed by atoms with Gasteiger partial charge in [0, 0.05) is 16.5 Å². The van der Waals surface area contributed by atoms with E-state index in [1.54, 1.807) is 0 Å². The Labute approximate surface area is 352 Å².